The van der Waals surface area contributed by atoms with Gasteiger partial charge in [-0.05, 0) is 31.4 Å². The van der Waals surface area contributed by atoms with Gasteiger partial charge in [0.25, 0.3) is 0 Å². The molecule has 2 nitrogen and oxygen atoms in total. The maximum absolute atomic E-state index is 11.4. The quantitative estimate of drug-likeness (QED) is 0.612. The van der Waals surface area contributed by atoms with E-state index in [9.17, 15) is 4.79 Å². The van der Waals surface area contributed by atoms with Crippen LogP contribution in [0.1, 0.15) is 19.8 Å². The molecule has 0 spiro atoms. The summed E-state index contributed by atoms with van der Waals surface area (Å²) in [5, 5.41) is 1.84. The third kappa shape index (κ3) is 2.27. The molecule has 1 rings (SSSR count). The zero-order valence-corrected chi connectivity index (χ0v) is 8.43. The van der Waals surface area contributed by atoms with E-state index >= 15 is 0 Å². The zero-order chi connectivity index (χ0) is 8.97. The van der Waals surface area contributed by atoms with Crippen molar-refractivity contribution in [3.63, 3.8) is 0 Å². The Morgan fingerprint density at radius 3 is 2.92 bits per heavy atom. The highest BCUT2D eigenvalue weighted by Crippen LogP contribution is 2.16. The first kappa shape index (κ1) is 9.65. The standard InChI is InChI=1S/C9H15NOS/c1-8-4-3-6-10(8)9(11)5-7-12-2/h5,7-8H,3-4,6H2,1-2H3/b7-5+. The van der Waals surface area contributed by atoms with Crippen molar-refractivity contribution in [2.45, 2.75) is 25.8 Å². The molecular weight excluding hydrogens is 170 g/mol. The number of carbonyl (C=O) groups is 1. The van der Waals surface area contributed by atoms with Crippen LogP contribution in [0.5, 0.6) is 0 Å². The minimum Gasteiger partial charge on any atom is -0.336 e. The summed E-state index contributed by atoms with van der Waals surface area (Å²) in [5.74, 6) is 0.161. The lowest BCUT2D eigenvalue weighted by molar-refractivity contribution is -0.126. The van der Waals surface area contributed by atoms with E-state index in [2.05, 4.69) is 6.92 Å². The van der Waals surface area contributed by atoms with Gasteiger partial charge < -0.3 is 4.90 Å². The first-order chi connectivity index (χ1) is 5.75. The second kappa shape index (κ2) is 4.55. The highest BCUT2D eigenvalue weighted by atomic mass is 32.2. The van der Waals surface area contributed by atoms with Crippen molar-refractivity contribution in [3.8, 4) is 0 Å². The third-order valence-electron chi connectivity index (χ3n) is 2.18. The van der Waals surface area contributed by atoms with Gasteiger partial charge in [-0.15, -0.1) is 11.8 Å². The van der Waals surface area contributed by atoms with Crippen molar-refractivity contribution in [2.24, 2.45) is 0 Å². The number of hydrogen-bond acceptors (Lipinski definition) is 2. The fourth-order valence-electron chi connectivity index (χ4n) is 1.48. The molecule has 1 unspecified atom stereocenters. The molecule has 1 heterocycles. The summed E-state index contributed by atoms with van der Waals surface area (Å²) in [7, 11) is 0. The van der Waals surface area contributed by atoms with Crippen LogP contribution in [-0.4, -0.2) is 29.6 Å². The number of nitrogens with zero attached hydrogens (tertiary/aromatic N) is 1. The van der Waals surface area contributed by atoms with Gasteiger partial charge >= 0.3 is 0 Å². The van der Waals surface area contributed by atoms with E-state index in [0.29, 0.717) is 6.04 Å². The van der Waals surface area contributed by atoms with Crippen LogP contribution in [0.3, 0.4) is 0 Å². The van der Waals surface area contributed by atoms with Crippen LogP contribution < -0.4 is 0 Å². The Morgan fingerprint density at radius 1 is 1.67 bits per heavy atom. The van der Waals surface area contributed by atoms with Gasteiger partial charge in [-0.2, -0.15) is 0 Å². The molecule has 0 aromatic carbocycles. The first-order valence-electron chi connectivity index (χ1n) is 4.25. The monoisotopic (exact) mass is 185 g/mol. The van der Waals surface area contributed by atoms with Crippen LogP contribution in [-0.2, 0) is 4.79 Å². The Hall–Kier alpha value is -0.440. The van der Waals surface area contributed by atoms with E-state index in [0.717, 1.165) is 19.4 Å². The van der Waals surface area contributed by atoms with Gasteiger partial charge in [-0.25, -0.2) is 0 Å². The molecule has 0 aliphatic carbocycles. The Balaban J connectivity index is 2.46. The minimum absolute atomic E-state index is 0.161. The number of thioether (sulfide) groups is 1. The van der Waals surface area contributed by atoms with Gasteiger partial charge in [0.15, 0.2) is 0 Å². The van der Waals surface area contributed by atoms with Gasteiger partial charge in [-0.1, -0.05) is 0 Å². The highest BCUT2D eigenvalue weighted by Gasteiger charge is 2.22. The van der Waals surface area contributed by atoms with Crippen LogP contribution >= 0.6 is 11.8 Å². The summed E-state index contributed by atoms with van der Waals surface area (Å²) in [6, 6.07) is 0.434. The van der Waals surface area contributed by atoms with Crippen LogP contribution in [0, 0.1) is 0 Å². The molecule has 1 saturated heterocycles. The minimum atomic E-state index is 0.161. The Kier molecular flexibility index (Phi) is 3.66. The second-order valence-corrected chi connectivity index (χ2v) is 3.80. The molecule has 1 fully saturated rings. The van der Waals surface area contributed by atoms with Crippen molar-refractivity contribution in [2.75, 3.05) is 12.8 Å². The maximum Gasteiger partial charge on any atom is 0.247 e. The maximum atomic E-state index is 11.4. The molecule has 0 N–H and O–H groups in total. The molecule has 0 aromatic rings. The summed E-state index contributed by atoms with van der Waals surface area (Å²) in [6.45, 7) is 3.04. The fraction of sp³-hybridized carbons (Fsp3) is 0.667. The van der Waals surface area contributed by atoms with E-state index in [1.165, 1.54) is 0 Å². The van der Waals surface area contributed by atoms with E-state index in [-0.39, 0.29) is 5.91 Å². The highest BCUT2D eigenvalue weighted by molar-refractivity contribution is 8.01. The molecule has 1 aliphatic rings. The number of carbonyl (C=O) groups excluding carboxylic acids is 1. The predicted octanol–water partition coefficient (Wildman–Crippen LogP) is 1.87. The van der Waals surface area contributed by atoms with Crippen molar-refractivity contribution >= 4 is 17.7 Å². The van der Waals surface area contributed by atoms with Gasteiger partial charge in [-0.3, -0.25) is 4.79 Å². The molecule has 12 heavy (non-hydrogen) atoms. The average molecular weight is 185 g/mol. The molecule has 0 aromatic heterocycles. The molecule has 3 heteroatoms. The van der Waals surface area contributed by atoms with Crippen molar-refractivity contribution in [1.29, 1.82) is 0 Å². The van der Waals surface area contributed by atoms with Crippen LogP contribution in [0.25, 0.3) is 0 Å². The zero-order valence-electron chi connectivity index (χ0n) is 7.62. The van der Waals surface area contributed by atoms with Gasteiger partial charge in [0.1, 0.15) is 0 Å². The van der Waals surface area contributed by atoms with Gasteiger partial charge in [0.2, 0.25) is 5.91 Å². The Labute approximate surface area is 78.0 Å². The molecule has 1 aliphatic heterocycles. The molecule has 0 radical (unpaired) electrons. The van der Waals surface area contributed by atoms with Crippen molar-refractivity contribution < 1.29 is 4.79 Å². The molecular formula is C9H15NOS. The Bertz CT molecular complexity index is 191. The van der Waals surface area contributed by atoms with Gasteiger partial charge in [0, 0.05) is 18.7 Å². The number of hydrogen-bond donors (Lipinski definition) is 0. The number of likely N-dealkylation sites (tertiary alicyclic amines) is 1. The molecule has 1 amide bonds. The first-order valence-corrected chi connectivity index (χ1v) is 5.54. The van der Waals surface area contributed by atoms with Crippen LogP contribution in [0.15, 0.2) is 11.5 Å². The van der Waals surface area contributed by atoms with Crippen LogP contribution in [0.2, 0.25) is 0 Å². The summed E-state index contributed by atoms with van der Waals surface area (Å²) in [6.07, 6.45) is 5.92. The summed E-state index contributed by atoms with van der Waals surface area (Å²) >= 11 is 1.56. The molecule has 0 bridgehead atoms. The topological polar surface area (TPSA) is 20.3 Å². The average Bonchev–Trinajstić information content (AvgIpc) is 2.47. The lowest BCUT2D eigenvalue weighted by atomic mass is 10.2. The van der Waals surface area contributed by atoms with Crippen LogP contribution in [0.4, 0.5) is 0 Å². The Morgan fingerprint density at radius 2 is 2.42 bits per heavy atom. The number of amides is 1. The van der Waals surface area contributed by atoms with Gasteiger partial charge in [0.05, 0.1) is 0 Å². The molecule has 0 saturated carbocycles. The smallest absolute Gasteiger partial charge is 0.247 e. The van der Waals surface area contributed by atoms with Crippen molar-refractivity contribution in [3.05, 3.63) is 11.5 Å². The van der Waals surface area contributed by atoms with Crippen molar-refractivity contribution in [1.82, 2.24) is 4.90 Å². The lowest BCUT2D eigenvalue weighted by Gasteiger charge is -2.19. The third-order valence-corrected chi connectivity index (χ3v) is 2.59. The predicted molar refractivity (Wildman–Crippen MR) is 53.1 cm³/mol. The fourth-order valence-corrected chi connectivity index (χ4v) is 1.74. The molecule has 1 atom stereocenters. The van der Waals surface area contributed by atoms with E-state index in [4.69, 9.17) is 0 Å². The van der Waals surface area contributed by atoms with E-state index in [1.807, 2.05) is 16.6 Å². The number of rotatable bonds is 2. The summed E-state index contributed by atoms with van der Waals surface area (Å²) < 4.78 is 0. The summed E-state index contributed by atoms with van der Waals surface area (Å²) in [5.41, 5.74) is 0. The molecule has 68 valence electrons. The second-order valence-electron chi connectivity index (χ2n) is 3.06. The summed E-state index contributed by atoms with van der Waals surface area (Å²) in [4.78, 5) is 13.4. The van der Waals surface area contributed by atoms with E-state index in [1.54, 1.807) is 17.8 Å². The lowest BCUT2D eigenvalue weighted by Crippen LogP contribution is -2.32. The normalized spacial score (nSPS) is 23.8. The van der Waals surface area contributed by atoms with E-state index < -0.39 is 0 Å². The largest absolute Gasteiger partial charge is 0.336 e. The SMILES string of the molecule is CS/C=C/C(=O)N1CCCC1C.